The van der Waals surface area contributed by atoms with Gasteiger partial charge < -0.3 is 5.11 Å². The normalized spacial score (nSPS) is 12.2. The van der Waals surface area contributed by atoms with Crippen LogP contribution in [-0.2, 0) is 0 Å². The number of nitro groups is 1. The van der Waals surface area contributed by atoms with E-state index < -0.39 is 4.92 Å². The van der Waals surface area contributed by atoms with E-state index in [2.05, 4.69) is 15.4 Å². The number of nitrogens with one attached hydrogen (secondary N) is 1. The number of nitrogen functional groups attached to an aromatic ring is 1. The van der Waals surface area contributed by atoms with Crippen molar-refractivity contribution in [3.8, 4) is 0 Å². The number of hydrogen-bond donors (Lipinski definition) is 3. The fraction of sp³-hybridized carbons (Fsp3) is 0.500. The Kier molecular flexibility index (Phi) is 4.61. The highest BCUT2D eigenvalue weighted by Crippen LogP contribution is 2.32. The van der Waals surface area contributed by atoms with Crippen molar-refractivity contribution in [2.75, 3.05) is 12.0 Å². The minimum atomic E-state index is -0.540. The van der Waals surface area contributed by atoms with Crippen molar-refractivity contribution in [1.82, 2.24) is 9.97 Å². The number of nitrogens with zero attached hydrogens (tertiary/aromatic N) is 3. The van der Waals surface area contributed by atoms with Crippen molar-refractivity contribution in [3.05, 3.63) is 15.8 Å². The molecule has 0 aromatic carbocycles. The molecule has 0 bridgehead atoms. The molecule has 0 saturated heterocycles. The molecule has 0 aliphatic carbocycles. The monoisotopic (exact) mass is 259 g/mol. The van der Waals surface area contributed by atoms with Gasteiger partial charge in [0.1, 0.15) is 5.69 Å². The van der Waals surface area contributed by atoms with Gasteiger partial charge in [-0.05, 0) is 6.92 Å². The van der Waals surface area contributed by atoms with Gasteiger partial charge in [-0.1, -0.05) is 18.7 Å². The first-order valence-electron chi connectivity index (χ1n) is 4.76. The summed E-state index contributed by atoms with van der Waals surface area (Å²) in [6, 6.07) is 0. The van der Waals surface area contributed by atoms with Gasteiger partial charge in [-0.2, -0.15) is 4.98 Å². The maximum atomic E-state index is 10.9. The predicted molar refractivity (Wildman–Crippen MR) is 63.6 cm³/mol. The van der Waals surface area contributed by atoms with Gasteiger partial charge in [-0.15, -0.1) is 0 Å². The average Bonchev–Trinajstić information content (AvgIpc) is 2.27. The van der Waals surface area contributed by atoms with Crippen molar-refractivity contribution in [1.29, 1.82) is 0 Å². The quantitative estimate of drug-likeness (QED) is 0.229. The van der Waals surface area contributed by atoms with E-state index in [1.165, 1.54) is 6.92 Å². The molecule has 0 amide bonds. The SMILES string of the molecule is Cc1nc(NN)nc(SC(C)CO)c1[N+](=O)[O-]. The van der Waals surface area contributed by atoms with Crippen LogP contribution in [0.2, 0.25) is 0 Å². The van der Waals surface area contributed by atoms with E-state index in [0.29, 0.717) is 0 Å². The third-order valence-electron chi connectivity index (χ3n) is 1.91. The Morgan fingerprint density at radius 2 is 2.29 bits per heavy atom. The smallest absolute Gasteiger partial charge is 0.322 e. The van der Waals surface area contributed by atoms with Crippen LogP contribution >= 0.6 is 11.8 Å². The summed E-state index contributed by atoms with van der Waals surface area (Å²) in [4.78, 5) is 18.1. The van der Waals surface area contributed by atoms with E-state index in [1.807, 2.05) is 0 Å². The Morgan fingerprint density at radius 3 is 2.76 bits per heavy atom. The highest BCUT2D eigenvalue weighted by atomic mass is 32.2. The molecule has 4 N–H and O–H groups in total. The number of thioether (sulfide) groups is 1. The Morgan fingerprint density at radius 1 is 1.65 bits per heavy atom. The van der Waals surface area contributed by atoms with Crippen LogP contribution in [0, 0.1) is 17.0 Å². The second kappa shape index (κ2) is 5.75. The molecule has 0 aliphatic rings. The topological polar surface area (TPSA) is 127 Å². The molecule has 1 heterocycles. The van der Waals surface area contributed by atoms with Gasteiger partial charge in [0.05, 0.1) is 11.5 Å². The van der Waals surface area contributed by atoms with Gasteiger partial charge >= 0.3 is 5.69 Å². The van der Waals surface area contributed by atoms with E-state index in [1.54, 1.807) is 6.92 Å². The Bertz CT molecular complexity index is 428. The summed E-state index contributed by atoms with van der Waals surface area (Å²) in [6.07, 6.45) is 0. The standard InChI is InChI=1S/C8H13N5O3S/c1-4(3-14)17-7-6(13(15)16)5(2)10-8(11-7)12-9/h4,14H,3,9H2,1-2H3,(H,10,11,12). The first-order valence-corrected chi connectivity index (χ1v) is 5.64. The van der Waals surface area contributed by atoms with Crippen molar-refractivity contribution in [2.24, 2.45) is 5.84 Å². The zero-order chi connectivity index (χ0) is 13.0. The second-order valence-corrected chi connectivity index (χ2v) is 4.73. The lowest BCUT2D eigenvalue weighted by Gasteiger charge is -2.09. The van der Waals surface area contributed by atoms with Crippen LogP contribution in [0.1, 0.15) is 12.6 Å². The summed E-state index contributed by atoms with van der Waals surface area (Å²) in [6.45, 7) is 3.14. The average molecular weight is 259 g/mol. The van der Waals surface area contributed by atoms with E-state index in [0.717, 1.165) is 11.8 Å². The molecule has 17 heavy (non-hydrogen) atoms. The largest absolute Gasteiger partial charge is 0.395 e. The molecule has 0 radical (unpaired) electrons. The summed E-state index contributed by atoms with van der Waals surface area (Å²) >= 11 is 1.10. The van der Waals surface area contributed by atoms with Crippen LogP contribution in [0.5, 0.6) is 0 Å². The number of aliphatic hydroxyl groups excluding tert-OH is 1. The maximum absolute atomic E-state index is 10.9. The van der Waals surface area contributed by atoms with Crippen molar-refractivity contribution >= 4 is 23.4 Å². The summed E-state index contributed by atoms with van der Waals surface area (Å²) in [5.74, 6) is 5.29. The number of anilines is 1. The molecule has 0 fully saturated rings. The molecule has 1 unspecified atom stereocenters. The molecule has 1 aromatic heterocycles. The molecule has 1 rings (SSSR count). The van der Waals surface area contributed by atoms with Crippen LogP contribution in [0.3, 0.4) is 0 Å². The van der Waals surface area contributed by atoms with Gasteiger partial charge in [-0.3, -0.25) is 15.5 Å². The summed E-state index contributed by atoms with van der Waals surface area (Å²) < 4.78 is 0. The second-order valence-electron chi connectivity index (χ2n) is 3.30. The van der Waals surface area contributed by atoms with E-state index in [4.69, 9.17) is 10.9 Å². The minimum absolute atomic E-state index is 0.101. The number of hydrazine groups is 1. The van der Waals surface area contributed by atoms with Gasteiger partial charge in [0.15, 0.2) is 5.03 Å². The first-order chi connectivity index (χ1) is 7.99. The first kappa shape index (κ1) is 13.6. The lowest BCUT2D eigenvalue weighted by Crippen LogP contribution is -2.13. The predicted octanol–water partition coefficient (Wildman–Crippen LogP) is 0.452. The van der Waals surface area contributed by atoms with Gasteiger partial charge in [0.2, 0.25) is 5.95 Å². The van der Waals surface area contributed by atoms with E-state index in [-0.39, 0.29) is 34.2 Å². The number of hydrogen-bond acceptors (Lipinski definition) is 8. The van der Waals surface area contributed by atoms with Crippen LogP contribution < -0.4 is 11.3 Å². The number of rotatable bonds is 5. The van der Waals surface area contributed by atoms with Gasteiger partial charge in [0, 0.05) is 5.25 Å². The highest BCUT2D eigenvalue weighted by Gasteiger charge is 2.23. The zero-order valence-electron chi connectivity index (χ0n) is 9.38. The molecule has 94 valence electrons. The molecule has 0 spiro atoms. The number of aryl methyl sites for hydroxylation is 1. The molecule has 0 aliphatic heterocycles. The van der Waals surface area contributed by atoms with Gasteiger partial charge in [0.25, 0.3) is 0 Å². The molecule has 1 atom stereocenters. The molecule has 0 saturated carbocycles. The summed E-state index contributed by atoms with van der Waals surface area (Å²) in [7, 11) is 0. The van der Waals surface area contributed by atoms with E-state index in [9.17, 15) is 10.1 Å². The Balaban J connectivity index is 3.22. The van der Waals surface area contributed by atoms with Crippen LogP contribution in [0.25, 0.3) is 0 Å². The third-order valence-corrected chi connectivity index (χ3v) is 2.97. The molecule has 1 aromatic rings. The Labute approximate surface area is 102 Å². The van der Waals surface area contributed by atoms with Crippen LogP contribution in [-0.4, -0.2) is 31.9 Å². The minimum Gasteiger partial charge on any atom is -0.395 e. The van der Waals surface area contributed by atoms with Gasteiger partial charge in [-0.25, -0.2) is 10.8 Å². The zero-order valence-corrected chi connectivity index (χ0v) is 10.2. The fourth-order valence-electron chi connectivity index (χ4n) is 1.13. The molecular formula is C8H13N5O3S. The fourth-order valence-corrected chi connectivity index (χ4v) is 2.05. The number of nitrogens with two attached hydrogens (primary N) is 1. The summed E-state index contributed by atoms with van der Waals surface area (Å²) in [5.41, 5.74) is 2.31. The number of aliphatic hydroxyl groups is 1. The molecule has 8 nitrogen and oxygen atoms in total. The van der Waals surface area contributed by atoms with Crippen molar-refractivity contribution in [3.63, 3.8) is 0 Å². The third kappa shape index (κ3) is 3.25. The maximum Gasteiger partial charge on any atom is 0.322 e. The molecule has 9 heteroatoms. The number of aromatic nitrogens is 2. The van der Waals surface area contributed by atoms with Crippen molar-refractivity contribution in [2.45, 2.75) is 24.1 Å². The lowest BCUT2D eigenvalue weighted by atomic mass is 10.4. The highest BCUT2D eigenvalue weighted by molar-refractivity contribution is 8.00. The molecular weight excluding hydrogens is 246 g/mol. The van der Waals surface area contributed by atoms with Crippen molar-refractivity contribution < 1.29 is 10.0 Å². The summed E-state index contributed by atoms with van der Waals surface area (Å²) in [5, 5.41) is 19.8. The lowest BCUT2D eigenvalue weighted by molar-refractivity contribution is -0.389. The van der Waals surface area contributed by atoms with Crippen LogP contribution in [0.15, 0.2) is 5.03 Å². The van der Waals surface area contributed by atoms with E-state index >= 15 is 0 Å². The van der Waals surface area contributed by atoms with Crippen LogP contribution in [0.4, 0.5) is 11.6 Å². The Hall–Kier alpha value is -1.45.